The molecule has 3 N–H and O–H groups in total. The summed E-state index contributed by atoms with van der Waals surface area (Å²) in [7, 11) is 0. The summed E-state index contributed by atoms with van der Waals surface area (Å²) in [6.45, 7) is 1.48. The van der Waals surface area contributed by atoms with Crippen molar-refractivity contribution in [1.29, 1.82) is 0 Å². The molecule has 0 bridgehead atoms. The van der Waals surface area contributed by atoms with Gasteiger partial charge in [0.25, 0.3) is 0 Å². The van der Waals surface area contributed by atoms with Crippen molar-refractivity contribution in [3.63, 3.8) is 0 Å². The zero-order chi connectivity index (χ0) is 13.7. The van der Waals surface area contributed by atoms with E-state index in [4.69, 9.17) is 5.73 Å². The standard InChI is InChI=1S/C15H16F2N2/c16-14-5-4-13(15(17)7-14)10-19-9-12-3-1-2-11(6-12)8-18/h1-7,19H,8-10,18H2. The smallest absolute Gasteiger partial charge is 0.130 e. The zero-order valence-corrected chi connectivity index (χ0v) is 10.5. The molecule has 0 heterocycles. The Labute approximate surface area is 111 Å². The third-order valence-corrected chi connectivity index (χ3v) is 2.89. The highest BCUT2D eigenvalue weighted by Gasteiger charge is 2.03. The van der Waals surface area contributed by atoms with Crippen LogP contribution in [0.1, 0.15) is 16.7 Å². The lowest BCUT2D eigenvalue weighted by molar-refractivity contribution is 0.560. The molecule has 0 saturated carbocycles. The van der Waals surface area contributed by atoms with Crippen LogP contribution in [0.25, 0.3) is 0 Å². The monoisotopic (exact) mass is 262 g/mol. The molecule has 100 valence electrons. The van der Waals surface area contributed by atoms with Gasteiger partial charge in [-0.2, -0.15) is 0 Å². The molecule has 0 radical (unpaired) electrons. The second-order valence-corrected chi connectivity index (χ2v) is 4.36. The highest BCUT2D eigenvalue weighted by atomic mass is 19.1. The number of nitrogens with one attached hydrogen (secondary N) is 1. The lowest BCUT2D eigenvalue weighted by Gasteiger charge is -2.07. The van der Waals surface area contributed by atoms with Crippen LogP contribution >= 0.6 is 0 Å². The minimum Gasteiger partial charge on any atom is -0.326 e. The molecule has 0 saturated heterocycles. The summed E-state index contributed by atoms with van der Waals surface area (Å²) in [5.41, 5.74) is 8.17. The van der Waals surface area contributed by atoms with Crippen molar-refractivity contribution in [1.82, 2.24) is 5.32 Å². The molecule has 2 nitrogen and oxygen atoms in total. The van der Waals surface area contributed by atoms with E-state index in [1.807, 2.05) is 24.3 Å². The summed E-state index contributed by atoms with van der Waals surface area (Å²) in [4.78, 5) is 0. The van der Waals surface area contributed by atoms with Gasteiger partial charge in [0, 0.05) is 31.3 Å². The molecule has 2 aromatic rings. The fourth-order valence-electron chi connectivity index (χ4n) is 1.87. The summed E-state index contributed by atoms with van der Waals surface area (Å²) >= 11 is 0. The van der Waals surface area contributed by atoms with Gasteiger partial charge in [-0.15, -0.1) is 0 Å². The number of rotatable bonds is 5. The van der Waals surface area contributed by atoms with Crippen molar-refractivity contribution < 1.29 is 8.78 Å². The fourth-order valence-corrected chi connectivity index (χ4v) is 1.87. The maximum atomic E-state index is 13.4. The van der Waals surface area contributed by atoms with E-state index in [1.165, 1.54) is 12.1 Å². The minimum atomic E-state index is -0.558. The molecule has 0 aliphatic rings. The predicted molar refractivity (Wildman–Crippen MR) is 71.2 cm³/mol. The average Bonchev–Trinajstić information content (AvgIpc) is 2.41. The molecule has 0 unspecified atom stereocenters. The highest BCUT2D eigenvalue weighted by molar-refractivity contribution is 5.23. The van der Waals surface area contributed by atoms with Gasteiger partial charge in [0.15, 0.2) is 0 Å². The molecule has 0 aliphatic carbocycles. The first-order valence-electron chi connectivity index (χ1n) is 6.11. The van der Waals surface area contributed by atoms with Crippen molar-refractivity contribution in [2.75, 3.05) is 0 Å². The molecule has 0 fully saturated rings. The SMILES string of the molecule is NCc1cccc(CNCc2ccc(F)cc2F)c1. The summed E-state index contributed by atoms with van der Waals surface area (Å²) in [6, 6.07) is 11.5. The molecule has 0 atom stereocenters. The van der Waals surface area contributed by atoms with Gasteiger partial charge in [0.2, 0.25) is 0 Å². The summed E-state index contributed by atoms with van der Waals surface area (Å²) < 4.78 is 26.1. The van der Waals surface area contributed by atoms with Crippen molar-refractivity contribution in [3.05, 3.63) is 70.8 Å². The van der Waals surface area contributed by atoms with Crippen LogP contribution in [0.15, 0.2) is 42.5 Å². The normalized spacial score (nSPS) is 10.7. The Morgan fingerprint density at radius 1 is 0.947 bits per heavy atom. The maximum absolute atomic E-state index is 13.4. The van der Waals surface area contributed by atoms with E-state index in [9.17, 15) is 8.78 Å². The minimum absolute atomic E-state index is 0.360. The Hall–Kier alpha value is -1.78. The first-order chi connectivity index (χ1) is 9.19. The maximum Gasteiger partial charge on any atom is 0.130 e. The van der Waals surface area contributed by atoms with Gasteiger partial charge in [-0.25, -0.2) is 8.78 Å². The number of benzene rings is 2. The summed E-state index contributed by atoms with van der Waals surface area (Å²) in [5, 5.41) is 3.13. The van der Waals surface area contributed by atoms with E-state index >= 15 is 0 Å². The molecular formula is C15H16F2N2. The topological polar surface area (TPSA) is 38.0 Å². The number of hydrogen-bond donors (Lipinski definition) is 2. The van der Waals surface area contributed by atoms with E-state index in [1.54, 1.807) is 0 Å². The molecule has 0 aliphatic heterocycles. The van der Waals surface area contributed by atoms with Gasteiger partial charge in [-0.05, 0) is 17.2 Å². The second-order valence-electron chi connectivity index (χ2n) is 4.36. The molecule has 0 aromatic heterocycles. The van der Waals surface area contributed by atoms with Gasteiger partial charge >= 0.3 is 0 Å². The largest absolute Gasteiger partial charge is 0.326 e. The molecule has 4 heteroatoms. The van der Waals surface area contributed by atoms with Crippen LogP contribution < -0.4 is 11.1 Å². The van der Waals surface area contributed by atoms with E-state index in [2.05, 4.69) is 5.32 Å². The van der Waals surface area contributed by atoms with Crippen LogP contribution in [0.3, 0.4) is 0 Å². The van der Waals surface area contributed by atoms with Gasteiger partial charge in [-0.3, -0.25) is 0 Å². The lowest BCUT2D eigenvalue weighted by Crippen LogP contribution is -2.14. The number of halogens is 2. The van der Waals surface area contributed by atoms with Crippen LogP contribution in [0.2, 0.25) is 0 Å². The van der Waals surface area contributed by atoms with Crippen LogP contribution in [-0.2, 0) is 19.6 Å². The van der Waals surface area contributed by atoms with Crippen molar-refractivity contribution in [3.8, 4) is 0 Å². The Bertz CT molecular complexity index is 556. The fraction of sp³-hybridized carbons (Fsp3) is 0.200. The Balaban J connectivity index is 1.92. The molecule has 2 aromatic carbocycles. The van der Waals surface area contributed by atoms with Gasteiger partial charge in [0.05, 0.1) is 0 Å². The Kier molecular flexibility index (Phi) is 4.60. The summed E-state index contributed by atoms with van der Waals surface area (Å²) in [6.07, 6.45) is 0. The molecule has 2 rings (SSSR count). The second kappa shape index (κ2) is 6.41. The van der Waals surface area contributed by atoms with Crippen molar-refractivity contribution >= 4 is 0 Å². The third-order valence-electron chi connectivity index (χ3n) is 2.89. The van der Waals surface area contributed by atoms with E-state index in [-0.39, 0.29) is 0 Å². The van der Waals surface area contributed by atoms with Gasteiger partial charge in [0.1, 0.15) is 11.6 Å². The van der Waals surface area contributed by atoms with Crippen molar-refractivity contribution in [2.24, 2.45) is 5.73 Å². The van der Waals surface area contributed by atoms with Crippen LogP contribution in [-0.4, -0.2) is 0 Å². The van der Waals surface area contributed by atoms with Crippen LogP contribution in [0.5, 0.6) is 0 Å². The highest BCUT2D eigenvalue weighted by Crippen LogP contribution is 2.10. The molecule has 19 heavy (non-hydrogen) atoms. The quantitative estimate of drug-likeness (QED) is 0.869. The van der Waals surface area contributed by atoms with Crippen LogP contribution in [0, 0.1) is 11.6 Å². The van der Waals surface area contributed by atoms with Crippen molar-refractivity contribution in [2.45, 2.75) is 19.6 Å². The number of nitrogens with two attached hydrogens (primary N) is 1. The Morgan fingerprint density at radius 2 is 1.74 bits per heavy atom. The Morgan fingerprint density at radius 3 is 2.47 bits per heavy atom. The zero-order valence-electron chi connectivity index (χ0n) is 10.5. The lowest BCUT2D eigenvalue weighted by atomic mass is 10.1. The average molecular weight is 262 g/mol. The predicted octanol–water partition coefficient (Wildman–Crippen LogP) is 2.71. The third kappa shape index (κ3) is 3.84. The number of hydrogen-bond acceptors (Lipinski definition) is 2. The van der Waals surface area contributed by atoms with Gasteiger partial charge < -0.3 is 11.1 Å². The van der Waals surface area contributed by atoms with E-state index in [0.29, 0.717) is 25.2 Å². The van der Waals surface area contributed by atoms with Gasteiger partial charge in [-0.1, -0.05) is 30.3 Å². The van der Waals surface area contributed by atoms with E-state index in [0.717, 1.165) is 17.2 Å². The van der Waals surface area contributed by atoms with Crippen LogP contribution in [0.4, 0.5) is 8.78 Å². The molecular weight excluding hydrogens is 246 g/mol. The molecule has 0 spiro atoms. The molecule has 0 amide bonds. The first kappa shape index (κ1) is 13.6. The van der Waals surface area contributed by atoms with E-state index < -0.39 is 11.6 Å². The summed E-state index contributed by atoms with van der Waals surface area (Å²) in [5.74, 6) is -1.08. The first-order valence-corrected chi connectivity index (χ1v) is 6.11.